The lowest BCUT2D eigenvalue weighted by Crippen LogP contribution is -2.44. The van der Waals surface area contributed by atoms with E-state index in [-0.39, 0.29) is 18.2 Å². The molecule has 0 saturated carbocycles. The zero-order valence-electron chi connectivity index (χ0n) is 16.9. The second-order valence-corrected chi connectivity index (χ2v) is 9.02. The van der Waals surface area contributed by atoms with Crippen LogP contribution in [0.2, 0.25) is 0 Å². The number of amides is 2. The van der Waals surface area contributed by atoms with E-state index in [0.29, 0.717) is 23.1 Å². The third-order valence-corrected chi connectivity index (χ3v) is 6.71. The maximum atomic E-state index is 13.0. The normalized spacial score (nSPS) is 17.6. The smallest absolute Gasteiger partial charge is 0.238 e. The van der Waals surface area contributed by atoms with Crippen molar-refractivity contribution in [2.75, 3.05) is 12.4 Å². The monoisotopic (exact) mass is 451 g/mol. The average molecular weight is 452 g/mol. The molecule has 1 aliphatic rings. The number of nitrogens with zero attached hydrogens (tertiary/aromatic N) is 2. The predicted octanol–water partition coefficient (Wildman–Crippen LogP) is 4.92. The number of benzene rings is 2. The summed E-state index contributed by atoms with van der Waals surface area (Å²) in [5.41, 5.74) is 1.40. The molecule has 0 unspecified atom stereocenters. The number of carbonyl (C=O) groups is 2. The van der Waals surface area contributed by atoms with Crippen LogP contribution in [-0.2, 0) is 16.1 Å². The van der Waals surface area contributed by atoms with Crippen LogP contribution in [0.1, 0.15) is 11.3 Å². The molecule has 0 spiro atoms. The van der Waals surface area contributed by atoms with Crippen molar-refractivity contribution in [2.45, 2.75) is 18.2 Å². The van der Waals surface area contributed by atoms with Gasteiger partial charge < -0.3 is 10.1 Å². The molecule has 6 nitrogen and oxygen atoms in total. The number of amidine groups is 1. The van der Waals surface area contributed by atoms with Gasteiger partial charge in [0.1, 0.15) is 11.0 Å². The summed E-state index contributed by atoms with van der Waals surface area (Å²) >= 11 is 2.90. The van der Waals surface area contributed by atoms with Crippen LogP contribution in [0.25, 0.3) is 0 Å². The van der Waals surface area contributed by atoms with Gasteiger partial charge in [0.25, 0.3) is 0 Å². The van der Waals surface area contributed by atoms with Crippen molar-refractivity contribution < 1.29 is 14.3 Å². The lowest BCUT2D eigenvalue weighted by molar-refractivity contribution is -0.129. The maximum absolute atomic E-state index is 13.0. The number of hydrogen-bond donors (Lipinski definition) is 1. The molecule has 8 heteroatoms. The Morgan fingerprint density at radius 1 is 1.13 bits per heavy atom. The molecule has 1 atom stereocenters. The summed E-state index contributed by atoms with van der Waals surface area (Å²) < 4.78 is 5.20. The number of rotatable bonds is 6. The van der Waals surface area contributed by atoms with Crippen LogP contribution in [-0.4, -0.2) is 34.2 Å². The van der Waals surface area contributed by atoms with Crippen LogP contribution in [0.15, 0.2) is 77.1 Å². The van der Waals surface area contributed by atoms with Crippen molar-refractivity contribution in [2.24, 2.45) is 4.99 Å². The summed E-state index contributed by atoms with van der Waals surface area (Å²) in [5.74, 6) is 0.405. The highest BCUT2D eigenvalue weighted by atomic mass is 32.2. The van der Waals surface area contributed by atoms with Crippen molar-refractivity contribution in [3.63, 3.8) is 0 Å². The van der Waals surface area contributed by atoms with Gasteiger partial charge in [-0.25, -0.2) is 4.99 Å². The standard InChI is InChI=1S/C23H21N3O3S2/c1-29-18-11-9-17(10-12-18)25-23-26(15-19-8-5-13-30-19)21(27)14-20(31-23)22(28)24-16-6-3-2-4-7-16/h2-13,20H,14-15H2,1H3,(H,24,28)/t20-/m0/s1. The Morgan fingerprint density at radius 2 is 1.90 bits per heavy atom. The van der Waals surface area contributed by atoms with E-state index in [1.54, 1.807) is 23.3 Å². The number of carbonyl (C=O) groups excluding carboxylic acids is 2. The molecule has 2 aromatic carbocycles. The van der Waals surface area contributed by atoms with Crippen LogP contribution in [0.5, 0.6) is 5.75 Å². The quantitative estimate of drug-likeness (QED) is 0.578. The minimum Gasteiger partial charge on any atom is -0.497 e. The van der Waals surface area contributed by atoms with Gasteiger partial charge in [-0.15, -0.1) is 11.3 Å². The Labute approximate surface area is 188 Å². The minimum atomic E-state index is -0.552. The van der Waals surface area contributed by atoms with Gasteiger partial charge in [-0.1, -0.05) is 36.0 Å². The zero-order chi connectivity index (χ0) is 21.6. The van der Waals surface area contributed by atoms with Crippen molar-refractivity contribution in [3.05, 3.63) is 77.0 Å². The van der Waals surface area contributed by atoms with E-state index in [1.165, 1.54) is 11.8 Å². The fourth-order valence-corrected chi connectivity index (χ4v) is 4.86. The Kier molecular flexibility index (Phi) is 6.69. The van der Waals surface area contributed by atoms with E-state index in [2.05, 4.69) is 5.32 Å². The molecule has 158 valence electrons. The fourth-order valence-electron chi connectivity index (χ4n) is 3.07. The number of methoxy groups -OCH3 is 1. The lowest BCUT2D eigenvalue weighted by atomic mass is 10.2. The summed E-state index contributed by atoms with van der Waals surface area (Å²) in [6.07, 6.45) is 0.121. The molecule has 1 saturated heterocycles. The zero-order valence-corrected chi connectivity index (χ0v) is 18.5. The molecular weight excluding hydrogens is 430 g/mol. The van der Waals surface area contributed by atoms with E-state index in [4.69, 9.17) is 9.73 Å². The van der Waals surface area contributed by atoms with Crippen molar-refractivity contribution >= 4 is 51.5 Å². The van der Waals surface area contributed by atoms with E-state index in [1.807, 2.05) is 72.1 Å². The molecule has 1 N–H and O–H groups in total. The summed E-state index contributed by atoms with van der Waals surface area (Å²) in [5, 5.41) is 4.84. The third-order valence-electron chi connectivity index (χ3n) is 4.66. The molecule has 0 radical (unpaired) electrons. The highest BCUT2D eigenvalue weighted by molar-refractivity contribution is 8.15. The van der Waals surface area contributed by atoms with E-state index in [9.17, 15) is 9.59 Å². The average Bonchev–Trinajstić information content (AvgIpc) is 3.30. The predicted molar refractivity (Wildman–Crippen MR) is 126 cm³/mol. The molecule has 1 fully saturated rings. The number of thioether (sulfide) groups is 1. The number of ether oxygens (including phenoxy) is 1. The molecular formula is C23H21N3O3S2. The summed E-state index contributed by atoms with van der Waals surface area (Å²) in [6, 6.07) is 20.5. The van der Waals surface area contributed by atoms with Gasteiger partial charge in [-0.3, -0.25) is 14.5 Å². The van der Waals surface area contributed by atoms with E-state index >= 15 is 0 Å². The number of thiophene rings is 1. The first-order valence-electron chi connectivity index (χ1n) is 9.70. The van der Waals surface area contributed by atoms with Crippen LogP contribution < -0.4 is 10.1 Å². The van der Waals surface area contributed by atoms with Gasteiger partial charge in [0.05, 0.1) is 19.3 Å². The summed E-state index contributed by atoms with van der Waals surface area (Å²) in [6.45, 7) is 0.436. The third kappa shape index (κ3) is 5.34. The molecule has 4 rings (SSSR count). The van der Waals surface area contributed by atoms with E-state index in [0.717, 1.165) is 10.6 Å². The Morgan fingerprint density at radius 3 is 2.58 bits per heavy atom. The van der Waals surface area contributed by atoms with Crippen LogP contribution in [0.4, 0.5) is 11.4 Å². The number of para-hydroxylation sites is 1. The molecule has 2 amide bonds. The van der Waals surface area contributed by atoms with Gasteiger partial charge in [-0.2, -0.15) is 0 Å². The highest BCUT2D eigenvalue weighted by Crippen LogP contribution is 2.32. The van der Waals surface area contributed by atoms with Crippen LogP contribution in [0, 0.1) is 0 Å². The topological polar surface area (TPSA) is 71.0 Å². The van der Waals surface area contributed by atoms with Crippen molar-refractivity contribution in [1.82, 2.24) is 4.90 Å². The van der Waals surface area contributed by atoms with E-state index < -0.39 is 5.25 Å². The number of hydrogen-bond acceptors (Lipinski definition) is 6. The minimum absolute atomic E-state index is 0.118. The number of aliphatic imine (C=N–C) groups is 1. The Bertz CT molecular complexity index is 1070. The lowest BCUT2D eigenvalue weighted by Gasteiger charge is -2.31. The molecule has 3 aromatic rings. The second-order valence-electron chi connectivity index (χ2n) is 6.82. The first kappa shape index (κ1) is 21.1. The molecule has 1 aliphatic heterocycles. The van der Waals surface area contributed by atoms with Gasteiger partial charge >= 0.3 is 0 Å². The summed E-state index contributed by atoms with van der Waals surface area (Å²) in [7, 11) is 1.61. The van der Waals surface area contributed by atoms with Gasteiger partial charge in [-0.05, 0) is 47.8 Å². The molecule has 0 bridgehead atoms. The van der Waals surface area contributed by atoms with Gasteiger partial charge in [0.15, 0.2) is 5.17 Å². The van der Waals surface area contributed by atoms with Crippen LogP contribution >= 0.6 is 23.1 Å². The SMILES string of the molecule is COc1ccc(N=C2S[C@H](C(=O)Nc3ccccc3)CC(=O)N2Cc2cccs2)cc1. The van der Waals surface area contributed by atoms with Crippen molar-refractivity contribution in [1.29, 1.82) is 0 Å². The molecule has 2 heterocycles. The first-order chi connectivity index (χ1) is 15.1. The summed E-state index contributed by atoms with van der Waals surface area (Å²) in [4.78, 5) is 33.3. The maximum Gasteiger partial charge on any atom is 0.238 e. The Hall–Kier alpha value is -3.10. The first-order valence-corrected chi connectivity index (χ1v) is 11.5. The van der Waals surface area contributed by atoms with Gasteiger partial charge in [0, 0.05) is 17.0 Å². The van der Waals surface area contributed by atoms with Gasteiger partial charge in [0.2, 0.25) is 11.8 Å². The molecule has 0 aliphatic carbocycles. The Balaban J connectivity index is 1.59. The van der Waals surface area contributed by atoms with Crippen LogP contribution in [0.3, 0.4) is 0 Å². The number of nitrogens with one attached hydrogen (secondary N) is 1. The number of anilines is 1. The van der Waals surface area contributed by atoms with Crippen molar-refractivity contribution in [3.8, 4) is 5.75 Å². The second kappa shape index (κ2) is 9.80. The highest BCUT2D eigenvalue weighted by Gasteiger charge is 2.36. The largest absolute Gasteiger partial charge is 0.497 e. The fraction of sp³-hybridized carbons (Fsp3) is 0.174. The molecule has 31 heavy (non-hydrogen) atoms. The molecule has 1 aromatic heterocycles.